The molecule has 3 aliphatic rings. The smallest absolute Gasteiger partial charge is 0.0282 e. The van der Waals surface area contributed by atoms with E-state index >= 15 is 0 Å². The van der Waals surface area contributed by atoms with E-state index in [0.29, 0.717) is 10.8 Å². The number of fused-ring (bicyclic) bond motifs is 2. The number of rotatable bonds is 0. The van der Waals surface area contributed by atoms with Gasteiger partial charge in [0.05, 0.1) is 0 Å². The fraction of sp³-hybridized carbons (Fsp3) is 1.00. The summed E-state index contributed by atoms with van der Waals surface area (Å²) in [5.74, 6) is 0.960. The molecule has 76 valence electrons. The van der Waals surface area contributed by atoms with Crippen molar-refractivity contribution in [1.29, 1.82) is 0 Å². The topological polar surface area (TPSA) is 0 Å². The van der Waals surface area contributed by atoms with Crippen LogP contribution in [0.25, 0.3) is 0 Å². The Bertz CT molecular complexity index is 213. The van der Waals surface area contributed by atoms with Crippen molar-refractivity contribution in [3.8, 4) is 0 Å². The Balaban J connectivity index is 2.17. The van der Waals surface area contributed by atoms with Crippen LogP contribution in [-0.2, 0) is 0 Å². The molecule has 0 spiro atoms. The van der Waals surface area contributed by atoms with Gasteiger partial charge in [-0.25, -0.2) is 0 Å². The monoisotopic (exact) mass is 180 g/mol. The summed E-state index contributed by atoms with van der Waals surface area (Å²) < 4.78 is 0. The highest BCUT2D eigenvalue weighted by atomic mass is 14.6. The van der Waals surface area contributed by atoms with Crippen LogP contribution in [0.5, 0.6) is 0 Å². The molecule has 0 aromatic rings. The summed E-state index contributed by atoms with van der Waals surface area (Å²) in [6.07, 6.45) is 5.92. The third-order valence-electron chi connectivity index (χ3n) is 4.58. The first-order valence-electron chi connectivity index (χ1n) is 5.75. The maximum Gasteiger partial charge on any atom is -0.0282 e. The zero-order chi connectivity index (χ0) is 9.91. The minimum atomic E-state index is 0.524. The molecular formula is C13H24. The van der Waals surface area contributed by atoms with Gasteiger partial charge in [-0.3, -0.25) is 0 Å². The van der Waals surface area contributed by atoms with Crippen LogP contribution in [0.15, 0.2) is 0 Å². The van der Waals surface area contributed by atoms with Crippen molar-refractivity contribution in [2.45, 2.75) is 60.3 Å². The lowest BCUT2D eigenvalue weighted by Gasteiger charge is -2.65. The first kappa shape index (κ1) is 9.55. The van der Waals surface area contributed by atoms with E-state index in [4.69, 9.17) is 0 Å². The summed E-state index contributed by atoms with van der Waals surface area (Å²) in [4.78, 5) is 0. The van der Waals surface area contributed by atoms with Crippen LogP contribution >= 0.6 is 0 Å². The highest BCUT2D eigenvalue weighted by molar-refractivity contribution is 5.08. The van der Waals surface area contributed by atoms with Crippen molar-refractivity contribution >= 4 is 0 Å². The average Bonchev–Trinajstić information content (AvgIpc) is 1.78. The molecule has 0 aromatic carbocycles. The fourth-order valence-corrected chi connectivity index (χ4v) is 4.64. The molecule has 3 rings (SSSR count). The van der Waals surface area contributed by atoms with Gasteiger partial charge < -0.3 is 0 Å². The van der Waals surface area contributed by atoms with Crippen LogP contribution in [0.2, 0.25) is 0 Å². The number of hydrogen-bond donors (Lipinski definition) is 0. The molecule has 3 aliphatic carbocycles. The van der Waals surface area contributed by atoms with E-state index in [9.17, 15) is 0 Å². The Labute approximate surface area is 83.1 Å². The van der Waals surface area contributed by atoms with Crippen molar-refractivity contribution in [2.75, 3.05) is 0 Å². The zero-order valence-electron chi connectivity index (χ0n) is 9.91. The maximum absolute atomic E-state index is 2.52. The second-order valence-electron chi connectivity index (χ2n) is 7.28. The highest BCUT2D eigenvalue weighted by Crippen LogP contribution is 2.68. The van der Waals surface area contributed by atoms with Gasteiger partial charge in [0.25, 0.3) is 0 Å². The van der Waals surface area contributed by atoms with E-state index in [-0.39, 0.29) is 0 Å². The Morgan fingerprint density at radius 2 is 1.62 bits per heavy atom. The SMILES string of the molecule is CC12CCC(C(C)(C)C)C(C)(C1)C2. The Morgan fingerprint density at radius 1 is 1.08 bits per heavy atom. The van der Waals surface area contributed by atoms with Gasteiger partial charge in [0.15, 0.2) is 0 Å². The lowest BCUT2D eigenvalue weighted by molar-refractivity contribution is -0.146. The van der Waals surface area contributed by atoms with E-state index in [0.717, 1.165) is 11.3 Å². The zero-order valence-corrected chi connectivity index (χ0v) is 9.91. The van der Waals surface area contributed by atoms with Crippen LogP contribution in [-0.4, -0.2) is 0 Å². The van der Waals surface area contributed by atoms with Gasteiger partial charge in [0.2, 0.25) is 0 Å². The van der Waals surface area contributed by atoms with Crippen LogP contribution in [0.4, 0.5) is 0 Å². The quantitative estimate of drug-likeness (QED) is 0.523. The average molecular weight is 180 g/mol. The van der Waals surface area contributed by atoms with Crippen LogP contribution in [0, 0.1) is 22.2 Å². The first-order valence-corrected chi connectivity index (χ1v) is 5.75. The summed E-state index contributed by atoms with van der Waals surface area (Å²) in [7, 11) is 0. The molecule has 0 nitrogen and oxygen atoms in total. The predicted octanol–water partition coefficient (Wildman–Crippen LogP) is 4.25. The summed E-state index contributed by atoms with van der Waals surface area (Å²) in [6, 6.07) is 0. The maximum atomic E-state index is 2.52. The van der Waals surface area contributed by atoms with Crippen molar-refractivity contribution in [3.05, 3.63) is 0 Å². The molecule has 0 radical (unpaired) electrons. The van der Waals surface area contributed by atoms with Gasteiger partial charge in [-0.05, 0) is 47.8 Å². The Morgan fingerprint density at radius 3 is 2.00 bits per heavy atom. The van der Waals surface area contributed by atoms with E-state index in [1.165, 1.54) is 25.7 Å². The van der Waals surface area contributed by atoms with Crippen molar-refractivity contribution in [1.82, 2.24) is 0 Å². The second-order valence-corrected chi connectivity index (χ2v) is 7.28. The summed E-state index contributed by atoms with van der Waals surface area (Å²) in [5.41, 5.74) is 1.94. The molecule has 0 amide bonds. The molecule has 1 atom stereocenters. The van der Waals surface area contributed by atoms with Gasteiger partial charge in [-0.2, -0.15) is 0 Å². The standard InChI is InChI=1S/C13H24/c1-11(2,3)10-6-7-12(4)8-13(10,5)9-12/h10H,6-9H2,1-5H3. The lowest BCUT2D eigenvalue weighted by atomic mass is 9.40. The predicted molar refractivity (Wildman–Crippen MR) is 57.6 cm³/mol. The normalized spacial score (nSPS) is 50.1. The molecule has 0 heterocycles. The molecule has 2 bridgehead atoms. The molecule has 3 saturated carbocycles. The van der Waals surface area contributed by atoms with Gasteiger partial charge in [0.1, 0.15) is 0 Å². The molecule has 0 saturated heterocycles. The fourth-order valence-electron chi connectivity index (χ4n) is 4.64. The van der Waals surface area contributed by atoms with Crippen LogP contribution in [0.1, 0.15) is 60.3 Å². The summed E-state index contributed by atoms with van der Waals surface area (Å²) >= 11 is 0. The molecule has 0 aliphatic heterocycles. The van der Waals surface area contributed by atoms with Crippen molar-refractivity contribution in [3.63, 3.8) is 0 Å². The number of hydrogen-bond acceptors (Lipinski definition) is 0. The third-order valence-corrected chi connectivity index (χ3v) is 4.58. The van der Waals surface area contributed by atoms with Gasteiger partial charge >= 0.3 is 0 Å². The van der Waals surface area contributed by atoms with Gasteiger partial charge in [-0.15, -0.1) is 0 Å². The van der Waals surface area contributed by atoms with Gasteiger partial charge in [0, 0.05) is 0 Å². The molecule has 1 unspecified atom stereocenters. The summed E-state index contributed by atoms with van der Waals surface area (Å²) in [6.45, 7) is 12.3. The first-order chi connectivity index (χ1) is 5.75. The lowest BCUT2D eigenvalue weighted by Crippen LogP contribution is -2.55. The second kappa shape index (κ2) is 2.32. The van der Waals surface area contributed by atoms with Crippen LogP contribution in [0.3, 0.4) is 0 Å². The van der Waals surface area contributed by atoms with Gasteiger partial charge in [-0.1, -0.05) is 34.6 Å². The Hall–Kier alpha value is 0. The van der Waals surface area contributed by atoms with Crippen molar-refractivity contribution < 1.29 is 0 Å². The molecule has 3 fully saturated rings. The highest BCUT2D eigenvalue weighted by Gasteiger charge is 2.58. The van der Waals surface area contributed by atoms with E-state index in [1.807, 2.05) is 0 Å². The van der Waals surface area contributed by atoms with E-state index in [2.05, 4.69) is 34.6 Å². The minimum Gasteiger partial charge on any atom is -0.0599 e. The molecule has 0 heteroatoms. The largest absolute Gasteiger partial charge is 0.0599 e. The molecule has 0 aromatic heterocycles. The molecule has 13 heavy (non-hydrogen) atoms. The third kappa shape index (κ3) is 1.33. The van der Waals surface area contributed by atoms with E-state index in [1.54, 1.807) is 0 Å². The van der Waals surface area contributed by atoms with Crippen molar-refractivity contribution in [2.24, 2.45) is 22.2 Å². The molecule has 0 N–H and O–H groups in total. The minimum absolute atomic E-state index is 0.524. The van der Waals surface area contributed by atoms with E-state index < -0.39 is 0 Å². The van der Waals surface area contributed by atoms with Crippen LogP contribution < -0.4 is 0 Å². The Kier molecular flexibility index (Phi) is 1.71. The summed E-state index contributed by atoms with van der Waals surface area (Å²) in [5, 5.41) is 0. The molecular weight excluding hydrogens is 156 g/mol.